The summed E-state index contributed by atoms with van der Waals surface area (Å²) in [5.41, 5.74) is 0. The van der Waals surface area contributed by atoms with E-state index in [9.17, 15) is 4.79 Å². The Morgan fingerprint density at radius 3 is 2.50 bits per heavy atom. The van der Waals surface area contributed by atoms with Gasteiger partial charge in [0, 0.05) is 4.47 Å². The van der Waals surface area contributed by atoms with Crippen LogP contribution in [0.25, 0.3) is 0 Å². The Labute approximate surface area is 136 Å². The maximum Gasteiger partial charge on any atom is 0.344 e. The molecule has 0 saturated carbocycles. The molecule has 1 rings (SSSR count). The maximum atomic E-state index is 11.3. The van der Waals surface area contributed by atoms with Crippen LogP contribution in [0.15, 0.2) is 27.1 Å². The molecule has 8 heteroatoms. The smallest absolute Gasteiger partial charge is 0.344 e. The summed E-state index contributed by atoms with van der Waals surface area (Å²) >= 11 is 22.9. The molecule has 0 saturated heterocycles. The van der Waals surface area contributed by atoms with Crippen LogP contribution >= 0.6 is 66.7 Å². The van der Waals surface area contributed by atoms with Crippen molar-refractivity contribution in [1.29, 1.82) is 0 Å². The number of alkyl halides is 3. The second-order valence-corrected chi connectivity index (χ2v) is 7.43. The van der Waals surface area contributed by atoms with Crippen molar-refractivity contribution in [2.75, 3.05) is 13.2 Å². The third-order valence-electron chi connectivity index (χ3n) is 1.64. The van der Waals surface area contributed by atoms with Crippen LogP contribution in [0.2, 0.25) is 0 Å². The molecule has 0 unspecified atom stereocenters. The van der Waals surface area contributed by atoms with Crippen molar-refractivity contribution in [3.63, 3.8) is 0 Å². The van der Waals surface area contributed by atoms with Gasteiger partial charge in [0.1, 0.15) is 12.4 Å². The second-order valence-electron chi connectivity index (χ2n) is 3.14. The molecule has 0 bridgehead atoms. The third kappa shape index (κ3) is 6.48. The average molecular weight is 441 g/mol. The summed E-state index contributed by atoms with van der Waals surface area (Å²) in [5.74, 6) is -0.0971. The largest absolute Gasteiger partial charge is 0.481 e. The van der Waals surface area contributed by atoms with E-state index in [0.717, 1.165) is 4.47 Å². The van der Waals surface area contributed by atoms with E-state index in [2.05, 4.69) is 31.9 Å². The number of carbonyl (C=O) groups excluding carboxylic acids is 1. The fraction of sp³-hybridized carbons (Fsp3) is 0.300. The molecule has 0 spiro atoms. The first-order chi connectivity index (χ1) is 8.28. The van der Waals surface area contributed by atoms with Gasteiger partial charge >= 0.3 is 5.97 Å². The first-order valence-electron chi connectivity index (χ1n) is 4.58. The van der Waals surface area contributed by atoms with Gasteiger partial charge in [0.25, 0.3) is 0 Å². The number of carbonyl (C=O) groups is 1. The first kappa shape index (κ1) is 16.4. The summed E-state index contributed by atoms with van der Waals surface area (Å²) in [7, 11) is 0. The predicted octanol–water partition coefficient (Wildman–Crippen LogP) is 4.50. The van der Waals surface area contributed by atoms with Crippen molar-refractivity contribution in [3.8, 4) is 5.75 Å². The van der Waals surface area contributed by atoms with Gasteiger partial charge in [0.05, 0.1) is 4.47 Å². The van der Waals surface area contributed by atoms with Gasteiger partial charge in [0.15, 0.2) is 6.61 Å². The maximum absolute atomic E-state index is 11.3. The van der Waals surface area contributed by atoms with Gasteiger partial charge in [0.2, 0.25) is 3.79 Å². The number of halogens is 5. The Balaban J connectivity index is 2.43. The monoisotopic (exact) mass is 438 g/mol. The van der Waals surface area contributed by atoms with Crippen LogP contribution < -0.4 is 4.74 Å². The number of ether oxygens (including phenoxy) is 2. The van der Waals surface area contributed by atoms with Gasteiger partial charge in [-0.3, -0.25) is 0 Å². The quantitative estimate of drug-likeness (QED) is 0.510. The zero-order valence-electron chi connectivity index (χ0n) is 8.76. The van der Waals surface area contributed by atoms with Crippen LogP contribution in [-0.4, -0.2) is 23.0 Å². The Bertz CT molecular complexity index is 435. The number of rotatable bonds is 4. The van der Waals surface area contributed by atoms with Crippen LogP contribution in [0.5, 0.6) is 5.75 Å². The molecule has 0 amide bonds. The summed E-state index contributed by atoms with van der Waals surface area (Å²) in [6, 6.07) is 5.28. The van der Waals surface area contributed by atoms with E-state index in [-0.39, 0.29) is 13.2 Å². The van der Waals surface area contributed by atoms with E-state index in [4.69, 9.17) is 44.3 Å². The first-order valence-corrected chi connectivity index (χ1v) is 7.30. The minimum absolute atomic E-state index is 0.263. The van der Waals surface area contributed by atoms with E-state index in [1.165, 1.54) is 0 Å². The standard InChI is InChI=1S/C10H7Br2Cl3O3/c11-6-1-2-8(7(12)3-6)17-4-9(16)18-5-10(13,14)15/h1-3H,4-5H2. The van der Waals surface area contributed by atoms with Crippen molar-refractivity contribution in [2.24, 2.45) is 0 Å². The minimum Gasteiger partial charge on any atom is -0.481 e. The Morgan fingerprint density at radius 1 is 1.28 bits per heavy atom. The molecule has 0 aliphatic rings. The molecule has 18 heavy (non-hydrogen) atoms. The van der Waals surface area contributed by atoms with Gasteiger partial charge < -0.3 is 9.47 Å². The molecule has 0 atom stereocenters. The van der Waals surface area contributed by atoms with Crippen molar-refractivity contribution < 1.29 is 14.3 Å². The van der Waals surface area contributed by atoms with E-state index < -0.39 is 9.76 Å². The zero-order valence-corrected chi connectivity index (χ0v) is 14.2. The van der Waals surface area contributed by atoms with Gasteiger partial charge in [-0.25, -0.2) is 4.79 Å². The number of hydrogen-bond acceptors (Lipinski definition) is 3. The molecular formula is C10H7Br2Cl3O3. The fourth-order valence-corrected chi connectivity index (χ4v) is 2.26. The van der Waals surface area contributed by atoms with Crippen LogP contribution in [-0.2, 0) is 9.53 Å². The van der Waals surface area contributed by atoms with Gasteiger partial charge in [-0.2, -0.15) is 0 Å². The van der Waals surface area contributed by atoms with Crippen LogP contribution in [0.1, 0.15) is 0 Å². The number of esters is 1. The van der Waals surface area contributed by atoms with Crippen molar-refractivity contribution >= 4 is 72.6 Å². The van der Waals surface area contributed by atoms with Crippen LogP contribution in [0, 0.1) is 0 Å². The highest BCUT2D eigenvalue weighted by molar-refractivity contribution is 9.11. The third-order valence-corrected chi connectivity index (χ3v) is 3.08. The van der Waals surface area contributed by atoms with Gasteiger partial charge in [-0.05, 0) is 34.1 Å². The zero-order chi connectivity index (χ0) is 13.8. The Morgan fingerprint density at radius 2 is 1.94 bits per heavy atom. The van der Waals surface area contributed by atoms with E-state index in [1.807, 2.05) is 0 Å². The minimum atomic E-state index is -1.62. The molecule has 1 aromatic carbocycles. The highest BCUT2D eigenvalue weighted by Crippen LogP contribution is 2.28. The lowest BCUT2D eigenvalue weighted by molar-refractivity contribution is -0.145. The number of hydrogen-bond donors (Lipinski definition) is 0. The van der Waals surface area contributed by atoms with E-state index in [1.54, 1.807) is 18.2 Å². The lowest BCUT2D eigenvalue weighted by Gasteiger charge is -2.12. The highest BCUT2D eigenvalue weighted by Gasteiger charge is 2.22. The normalized spacial score (nSPS) is 11.2. The molecule has 100 valence electrons. The lowest BCUT2D eigenvalue weighted by Crippen LogP contribution is -2.21. The van der Waals surface area contributed by atoms with Crippen molar-refractivity contribution in [2.45, 2.75) is 3.79 Å². The van der Waals surface area contributed by atoms with Gasteiger partial charge in [-0.1, -0.05) is 50.7 Å². The molecule has 0 aliphatic heterocycles. The Kier molecular flexibility index (Phi) is 6.55. The second kappa shape index (κ2) is 7.20. The lowest BCUT2D eigenvalue weighted by atomic mass is 10.3. The summed E-state index contributed by atoms with van der Waals surface area (Å²) in [6.07, 6.45) is 0. The molecule has 0 heterocycles. The number of benzene rings is 1. The molecular weight excluding hydrogens is 434 g/mol. The van der Waals surface area contributed by atoms with E-state index in [0.29, 0.717) is 10.2 Å². The average Bonchev–Trinajstić information content (AvgIpc) is 2.24. The summed E-state index contributed by atoms with van der Waals surface area (Å²) in [4.78, 5) is 11.3. The topological polar surface area (TPSA) is 35.5 Å². The van der Waals surface area contributed by atoms with Crippen LogP contribution in [0.3, 0.4) is 0 Å². The molecule has 0 radical (unpaired) electrons. The molecule has 0 aliphatic carbocycles. The summed E-state index contributed by atoms with van der Waals surface area (Å²) < 4.78 is 9.94. The molecule has 1 aromatic rings. The van der Waals surface area contributed by atoms with Gasteiger partial charge in [-0.15, -0.1) is 0 Å². The predicted molar refractivity (Wildman–Crippen MR) is 78.6 cm³/mol. The molecule has 0 aromatic heterocycles. The molecule has 0 fully saturated rings. The SMILES string of the molecule is O=C(COc1ccc(Br)cc1Br)OCC(Cl)(Cl)Cl. The molecule has 0 N–H and O–H groups in total. The highest BCUT2D eigenvalue weighted by atomic mass is 79.9. The van der Waals surface area contributed by atoms with Crippen molar-refractivity contribution in [1.82, 2.24) is 0 Å². The van der Waals surface area contributed by atoms with Crippen LogP contribution in [0.4, 0.5) is 0 Å². The van der Waals surface area contributed by atoms with Crippen molar-refractivity contribution in [3.05, 3.63) is 27.1 Å². The van der Waals surface area contributed by atoms with E-state index >= 15 is 0 Å². The Hall–Kier alpha value is 0.320. The fourth-order valence-electron chi connectivity index (χ4n) is 0.933. The summed E-state index contributed by atoms with van der Waals surface area (Å²) in [6.45, 7) is -0.581. The molecule has 3 nitrogen and oxygen atoms in total. The summed E-state index contributed by atoms with van der Waals surface area (Å²) in [5, 5.41) is 0.